The molecule has 0 heterocycles. The molecule has 0 aliphatic carbocycles. The second-order valence-electron chi connectivity index (χ2n) is 3.48. The maximum Gasteiger partial charge on any atom is 0.458 e. The van der Waals surface area contributed by atoms with Gasteiger partial charge in [-0.1, -0.05) is 37.6 Å². The van der Waals surface area contributed by atoms with Gasteiger partial charge in [0, 0.05) is 5.56 Å². The van der Waals surface area contributed by atoms with Crippen molar-refractivity contribution >= 4 is 0 Å². The third kappa shape index (κ3) is 2.33. The summed E-state index contributed by atoms with van der Waals surface area (Å²) < 4.78 is 62.8. The van der Waals surface area contributed by atoms with Gasteiger partial charge in [-0.25, -0.2) is 0 Å². The van der Waals surface area contributed by atoms with Crippen LogP contribution in [0.15, 0.2) is 24.3 Å². The third-order valence-electron chi connectivity index (χ3n) is 2.23. The van der Waals surface area contributed by atoms with Crippen LogP contribution in [0.4, 0.5) is 22.0 Å². The van der Waals surface area contributed by atoms with E-state index in [1.807, 2.05) is 0 Å². The second-order valence-corrected chi connectivity index (χ2v) is 3.48. The van der Waals surface area contributed by atoms with E-state index < -0.39 is 17.7 Å². The maximum atomic E-state index is 13.1. The van der Waals surface area contributed by atoms with Crippen molar-refractivity contribution in [2.75, 3.05) is 0 Å². The average molecular weight is 238 g/mol. The van der Waals surface area contributed by atoms with Crippen molar-refractivity contribution in [1.29, 1.82) is 0 Å². The van der Waals surface area contributed by atoms with Crippen molar-refractivity contribution in [2.24, 2.45) is 0 Å². The van der Waals surface area contributed by atoms with Crippen LogP contribution in [-0.2, 0) is 12.3 Å². The molecule has 0 saturated carbocycles. The fourth-order valence-electron chi connectivity index (χ4n) is 1.47. The monoisotopic (exact) mass is 238 g/mol. The lowest BCUT2D eigenvalue weighted by Crippen LogP contribution is -2.34. The Labute approximate surface area is 90.1 Å². The van der Waals surface area contributed by atoms with E-state index >= 15 is 0 Å². The Balaban J connectivity index is 3.21. The van der Waals surface area contributed by atoms with Gasteiger partial charge in [0.1, 0.15) is 0 Å². The fraction of sp³-hybridized carbons (Fsp3) is 0.455. The van der Waals surface area contributed by atoms with Crippen molar-refractivity contribution in [3.8, 4) is 0 Å². The van der Waals surface area contributed by atoms with Crippen LogP contribution in [-0.4, -0.2) is 6.18 Å². The Morgan fingerprint density at radius 3 is 2.06 bits per heavy atom. The number of alkyl halides is 5. The van der Waals surface area contributed by atoms with Crippen molar-refractivity contribution in [2.45, 2.75) is 31.9 Å². The van der Waals surface area contributed by atoms with Crippen LogP contribution in [0.5, 0.6) is 0 Å². The molecule has 0 amide bonds. The van der Waals surface area contributed by atoms with E-state index in [1.54, 1.807) is 6.92 Å². The molecule has 0 bridgehead atoms. The molecular formula is C11H11F5. The topological polar surface area (TPSA) is 0 Å². The number of halogens is 5. The zero-order chi connectivity index (χ0) is 12.4. The molecule has 0 spiro atoms. The molecule has 0 unspecified atom stereocenters. The first kappa shape index (κ1) is 12.9. The maximum absolute atomic E-state index is 13.1. The summed E-state index contributed by atoms with van der Waals surface area (Å²) in [5.74, 6) is -4.78. The largest absolute Gasteiger partial charge is 0.458 e. The van der Waals surface area contributed by atoms with Crippen LogP contribution in [0.2, 0.25) is 0 Å². The Morgan fingerprint density at radius 1 is 1.00 bits per heavy atom. The van der Waals surface area contributed by atoms with E-state index in [2.05, 4.69) is 0 Å². The Bertz CT molecular complexity index is 354. The quantitative estimate of drug-likeness (QED) is 0.689. The molecule has 1 aromatic rings. The SMILES string of the molecule is CCCc1ccccc1C(F)(F)C(F)(F)F. The zero-order valence-electron chi connectivity index (χ0n) is 8.61. The summed E-state index contributed by atoms with van der Waals surface area (Å²) in [6, 6.07) is 4.78. The van der Waals surface area contributed by atoms with Crippen LogP contribution in [0.25, 0.3) is 0 Å². The molecule has 0 atom stereocenters. The van der Waals surface area contributed by atoms with Gasteiger partial charge < -0.3 is 0 Å². The average Bonchev–Trinajstić information content (AvgIpc) is 2.17. The van der Waals surface area contributed by atoms with Gasteiger partial charge >= 0.3 is 12.1 Å². The molecule has 0 fully saturated rings. The molecule has 0 aromatic heterocycles. The molecule has 1 rings (SSSR count). The molecule has 1 aromatic carbocycles. The highest BCUT2D eigenvalue weighted by atomic mass is 19.4. The van der Waals surface area contributed by atoms with Crippen LogP contribution < -0.4 is 0 Å². The Kier molecular flexibility index (Phi) is 3.55. The summed E-state index contributed by atoms with van der Waals surface area (Å²) in [6.07, 6.45) is -4.82. The van der Waals surface area contributed by atoms with Crippen molar-refractivity contribution in [3.63, 3.8) is 0 Å². The van der Waals surface area contributed by atoms with Crippen LogP contribution in [0.3, 0.4) is 0 Å². The zero-order valence-corrected chi connectivity index (χ0v) is 8.61. The normalized spacial score (nSPS) is 12.9. The fourth-order valence-corrected chi connectivity index (χ4v) is 1.47. The first-order valence-electron chi connectivity index (χ1n) is 4.83. The van der Waals surface area contributed by atoms with E-state index in [0.717, 1.165) is 6.07 Å². The predicted molar refractivity (Wildman–Crippen MR) is 50.4 cm³/mol. The van der Waals surface area contributed by atoms with Crippen LogP contribution in [0, 0.1) is 0 Å². The van der Waals surface area contributed by atoms with E-state index in [-0.39, 0.29) is 12.0 Å². The number of benzene rings is 1. The lowest BCUT2D eigenvalue weighted by atomic mass is 9.98. The second kappa shape index (κ2) is 4.39. The predicted octanol–water partition coefficient (Wildman–Crippen LogP) is 4.29. The highest BCUT2D eigenvalue weighted by Gasteiger charge is 2.59. The third-order valence-corrected chi connectivity index (χ3v) is 2.23. The van der Waals surface area contributed by atoms with E-state index in [1.165, 1.54) is 18.2 Å². The molecular weight excluding hydrogens is 227 g/mol. The minimum absolute atomic E-state index is 0.0484. The summed E-state index contributed by atoms with van der Waals surface area (Å²) in [4.78, 5) is 0. The first-order valence-corrected chi connectivity index (χ1v) is 4.83. The number of rotatable bonds is 3. The van der Waals surface area contributed by atoms with Crippen molar-refractivity contribution in [3.05, 3.63) is 35.4 Å². The van der Waals surface area contributed by atoms with Gasteiger partial charge in [0.25, 0.3) is 0 Å². The minimum atomic E-state index is -5.54. The molecule has 0 saturated heterocycles. The molecule has 0 N–H and O–H groups in total. The standard InChI is InChI=1S/C11H11F5/c1-2-5-8-6-3-4-7-9(8)10(12,13)11(14,15)16/h3-4,6-7H,2,5H2,1H3. The smallest absolute Gasteiger partial charge is 0.191 e. The molecule has 16 heavy (non-hydrogen) atoms. The Morgan fingerprint density at radius 2 is 1.56 bits per heavy atom. The van der Waals surface area contributed by atoms with Gasteiger partial charge in [-0.2, -0.15) is 22.0 Å². The molecule has 5 heteroatoms. The lowest BCUT2D eigenvalue weighted by molar-refractivity contribution is -0.289. The van der Waals surface area contributed by atoms with Crippen LogP contribution in [0.1, 0.15) is 24.5 Å². The van der Waals surface area contributed by atoms with Gasteiger partial charge in [0.15, 0.2) is 0 Å². The van der Waals surface area contributed by atoms with E-state index in [0.29, 0.717) is 6.42 Å². The lowest BCUT2D eigenvalue weighted by Gasteiger charge is -2.22. The summed E-state index contributed by atoms with van der Waals surface area (Å²) in [5.41, 5.74) is -0.892. The molecule has 0 aliphatic rings. The molecule has 0 radical (unpaired) electrons. The van der Waals surface area contributed by atoms with Crippen molar-refractivity contribution in [1.82, 2.24) is 0 Å². The van der Waals surface area contributed by atoms with Crippen LogP contribution >= 0.6 is 0 Å². The molecule has 0 nitrogen and oxygen atoms in total. The Hall–Kier alpha value is -1.13. The van der Waals surface area contributed by atoms with E-state index in [4.69, 9.17) is 0 Å². The van der Waals surface area contributed by atoms with E-state index in [9.17, 15) is 22.0 Å². The molecule has 90 valence electrons. The summed E-state index contributed by atoms with van der Waals surface area (Å²) in [6.45, 7) is 1.72. The van der Waals surface area contributed by atoms with Gasteiger partial charge in [-0.15, -0.1) is 0 Å². The number of aryl methyl sites for hydroxylation is 1. The van der Waals surface area contributed by atoms with Gasteiger partial charge in [-0.3, -0.25) is 0 Å². The summed E-state index contributed by atoms with van der Waals surface area (Å²) in [7, 11) is 0. The number of hydrogen-bond donors (Lipinski definition) is 0. The highest BCUT2D eigenvalue weighted by molar-refractivity contribution is 5.32. The van der Waals surface area contributed by atoms with Crippen molar-refractivity contribution < 1.29 is 22.0 Å². The summed E-state index contributed by atoms with van der Waals surface area (Å²) in [5, 5.41) is 0. The van der Waals surface area contributed by atoms with Gasteiger partial charge in [0.2, 0.25) is 0 Å². The molecule has 0 aliphatic heterocycles. The van der Waals surface area contributed by atoms with Gasteiger partial charge in [0.05, 0.1) is 0 Å². The first-order chi connectivity index (χ1) is 7.30. The number of hydrogen-bond acceptors (Lipinski definition) is 0. The minimum Gasteiger partial charge on any atom is -0.191 e. The van der Waals surface area contributed by atoms with Gasteiger partial charge in [-0.05, 0) is 12.0 Å². The highest BCUT2D eigenvalue weighted by Crippen LogP contribution is 2.45. The summed E-state index contributed by atoms with van der Waals surface area (Å²) >= 11 is 0.